The molecule has 2 aromatic carbocycles. The minimum atomic E-state index is -1.34. The number of Topliss-reactive ketones (excluding diaryl/α,β-unsaturated/α-hetero) is 1. The molecule has 2 aromatic rings. The number of carbonyl (C=O) groups excluding carboxylic acids is 4. The number of urea groups is 1. The zero-order valence-electron chi connectivity index (χ0n) is 20.5. The number of aromatic hydroxyl groups is 2. The Bertz CT molecular complexity index is 1250. The van der Waals surface area contributed by atoms with Gasteiger partial charge in [-0.1, -0.05) is 24.3 Å². The predicted molar refractivity (Wildman–Crippen MR) is 132 cm³/mol. The Kier molecular flexibility index (Phi) is 7.39. The molecule has 2 aliphatic rings. The third-order valence-corrected chi connectivity index (χ3v) is 6.74. The first-order chi connectivity index (χ1) is 17.6. The van der Waals surface area contributed by atoms with Crippen LogP contribution in [0.15, 0.2) is 36.4 Å². The Hall–Kier alpha value is -4.06. The average Bonchev–Trinajstić information content (AvgIpc) is 2.87. The first-order valence-electron chi connectivity index (χ1n) is 12.0. The van der Waals surface area contributed by atoms with Crippen LogP contribution in [0, 0.1) is 6.92 Å². The lowest BCUT2D eigenvalue weighted by atomic mass is 9.64. The van der Waals surface area contributed by atoms with Gasteiger partial charge in [0.25, 0.3) is 0 Å². The van der Waals surface area contributed by atoms with Crippen LogP contribution < -0.4 is 9.97 Å². The van der Waals surface area contributed by atoms with Crippen molar-refractivity contribution in [1.82, 2.24) is 15.1 Å². The van der Waals surface area contributed by atoms with Crippen LogP contribution in [0.1, 0.15) is 36.1 Å². The van der Waals surface area contributed by atoms with Crippen LogP contribution in [0.3, 0.4) is 0 Å². The molecule has 0 unspecified atom stereocenters. The fourth-order valence-corrected chi connectivity index (χ4v) is 4.63. The summed E-state index contributed by atoms with van der Waals surface area (Å²) in [6, 6.07) is 6.93. The SMILES string of the molecule is CCN1CCN(C(=O)N[C@@H](C(=O)C[C@H]2Cc3cccc(C)c3OB2O)c2ccc(O)c(O)c2)C(=O)C1=O. The molecule has 11 nitrogen and oxygen atoms in total. The van der Waals surface area contributed by atoms with Gasteiger partial charge in [0.05, 0.1) is 0 Å². The third kappa shape index (κ3) is 5.24. The maximum absolute atomic E-state index is 13.5. The quantitative estimate of drug-likeness (QED) is 0.258. The van der Waals surface area contributed by atoms with E-state index in [1.807, 2.05) is 25.1 Å². The van der Waals surface area contributed by atoms with Gasteiger partial charge in [0.15, 0.2) is 17.3 Å². The fraction of sp³-hybridized carbons (Fsp3) is 0.360. The minimum Gasteiger partial charge on any atom is -0.536 e. The van der Waals surface area contributed by atoms with Crippen molar-refractivity contribution in [2.75, 3.05) is 19.6 Å². The largest absolute Gasteiger partial charge is 0.536 e. The van der Waals surface area contributed by atoms with Crippen molar-refractivity contribution in [3.05, 3.63) is 53.1 Å². The maximum Gasteiger partial charge on any atom is 0.526 e. The topological polar surface area (TPSA) is 157 Å². The van der Waals surface area contributed by atoms with Gasteiger partial charge in [-0.3, -0.25) is 19.3 Å². The molecule has 12 heteroatoms. The average molecular weight is 509 g/mol. The van der Waals surface area contributed by atoms with Gasteiger partial charge < -0.3 is 30.1 Å². The standard InChI is InChI=1S/C25H28BN3O8/c1-3-28-9-10-29(24(34)23(28)33)25(35)27-21(15-7-8-18(30)19(31)12-15)20(32)13-17-11-16-6-4-5-14(2)22(16)37-26(17)36/h4-8,12,17,21,30-31,36H,3,9-11,13H2,1-2H3,(H,27,35)/t17-,21-/m1/s1. The van der Waals surface area contributed by atoms with Crippen LogP contribution in [0.25, 0.3) is 0 Å². The number of rotatable bonds is 6. The summed E-state index contributed by atoms with van der Waals surface area (Å²) in [5.74, 6) is -3.31. The van der Waals surface area contributed by atoms with E-state index in [1.54, 1.807) is 6.92 Å². The lowest BCUT2D eigenvalue weighted by Gasteiger charge is -2.33. The smallest absolute Gasteiger partial charge is 0.526 e. The Labute approximate surface area is 213 Å². The number of phenolic OH excluding ortho intramolecular Hbond substituents is 2. The van der Waals surface area contributed by atoms with E-state index in [0.717, 1.165) is 22.1 Å². The van der Waals surface area contributed by atoms with Gasteiger partial charge >= 0.3 is 25.0 Å². The number of hydrogen-bond acceptors (Lipinski definition) is 8. The van der Waals surface area contributed by atoms with Gasteiger partial charge in [-0.25, -0.2) is 4.79 Å². The minimum absolute atomic E-state index is 0.0443. The molecule has 0 aromatic heterocycles. The third-order valence-electron chi connectivity index (χ3n) is 6.74. The van der Waals surface area contributed by atoms with Gasteiger partial charge in [0, 0.05) is 31.9 Å². The summed E-state index contributed by atoms with van der Waals surface area (Å²) >= 11 is 0. The second-order valence-electron chi connectivity index (χ2n) is 9.18. The van der Waals surface area contributed by atoms with Crippen molar-refractivity contribution in [1.29, 1.82) is 0 Å². The molecule has 0 spiro atoms. The van der Waals surface area contributed by atoms with E-state index in [2.05, 4.69) is 5.32 Å². The van der Waals surface area contributed by atoms with E-state index in [9.17, 15) is 34.4 Å². The van der Waals surface area contributed by atoms with E-state index in [4.69, 9.17) is 4.65 Å². The number of aryl methyl sites for hydroxylation is 1. The molecule has 37 heavy (non-hydrogen) atoms. The Morgan fingerprint density at radius 2 is 1.89 bits per heavy atom. The van der Waals surface area contributed by atoms with E-state index in [1.165, 1.54) is 17.0 Å². The second-order valence-corrected chi connectivity index (χ2v) is 9.18. The van der Waals surface area contributed by atoms with Crippen molar-refractivity contribution < 1.29 is 39.1 Å². The van der Waals surface area contributed by atoms with E-state index in [-0.39, 0.29) is 25.1 Å². The number of para-hydroxylation sites is 1. The second kappa shape index (κ2) is 10.5. The number of imide groups is 1. The highest BCUT2D eigenvalue weighted by Gasteiger charge is 2.40. The number of benzene rings is 2. The van der Waals surface area contributed by atoms with Gasteiger partial charge in [0.2, 0.25) is 0 Å². The van der Waals surface area contributed by atoms with Crippen LogP contribution in [0.4, 0.5) is 4.79 Å². The zero-order chi connectivity index (χ0) is 26.9. The van der Waals surface area contributed by atoms with Gasteiger partial charge in [0.1, 0.15) is 11.8 Å². The lowest BCUT2D eigenvalue weighted by Crippen LogP contribution is -2.58. The summed E-state index contributed by atoms with van der Waals surface area (Å²) in [6.45, 7) is 4.01. The molecule has 0 saturated carbocycles. The van der Waals surface area contributed by atoms with Crippen LogP contribution in [-0.4, -0.2) is 75.4 Å². The van der Waals surface area contributed by atoms with Crippen molar-refractivity contribution in [3.8, 4) is 17.2 Å². The lowest BCUT2D eigenvalue weighted by molar-refractivity contribution is -0.153. The summed E-state index contributed by atoms with van der Waals surface area (Å²) in [5, 5.41) is 32.8. The molecule has 2 atom stereocenters. The van der Waals surface area contributed by atoms with Crippen molar-refractivity contribution in [2.45, 2.75) is 38.5 Å². The molecule has 2 heterocycles. The van der Waals surface area contributed by atoms with Crippen LogP contribution in [0.5, 0.6) is 17.2 Å². The monoisotopic (exact) mass is 509 g/mol. The molecular formula is C25H28BN3O8. The number of nitrogens with zero attached hydrogens (tertiary/aromatic N) is 2. The van der Waals surface area contributed by atoms with Crippen molar-refractivity contribution in [2.24, 2.45) is 0 Å². The van der Waals surface area contributed by atoms with E-state index >= 15 is 0 Å². The number of nitrogens with one attached hydrogen (secondary N) is 1. The summed E-state index contributed by atoms with van der Waals surface area (Å²) < 4.78 is 5.67. The maximum atomic E-state index is 13.5. The van der Waals surface area contributed by atoms with Crippen molar-refractivity contribution in [3.63, 3.8) is 0 Å². The summed E-state index contributed by atoms with van der Waals surface area (Å²) in [6.07, 6.45) is 0.162. The van der Waals surface area contributed by atoms with E-state index in [0.29, 0.717) is 18.7 Å². The molecule has 0 bridgehead atoms. The molecule has 194 valence electrons. The molecule has 2 aliphatic heterocycles. The van der Waals surface area contributed by atoms with Gasteiger partial charge in [-0.2, -0.15) is 0 Å². The van der Waals surface area contributed by atoms with Crippen LogP contribution >= 0.6 is 0 Å². The first-order valence-corrected chi connectivity index (χ1v) is 12.0. The molecule has 1 saturated heterocycles. The summed E-state index contributed by atoms with van der Waals surface area (Å²) in [4.78, 5) is 53.3. The number of phenols is 2. The number of fused-ring (bicyclic) bond motifs is 1. The number of ketones is 1. The molecule has 1 fully saturated rings. The highest BCUT2D eigenvalue weighted by Crippen LogP contribution is 2.37. The summed E-state index contributed by atoms with van der Waals surface area (Å²) in [7, 11) is -1.26. The summed E-state index contributed by atoms with van der Waals surface area (Å²) in [5.41, 5.74) is 1.85. The predicted octanol–water partition coefficient (Wildman–Crippen LogP) is 1.29. The Balaban J connectivity index is 1.56. The normalized spacial score (nSPS) is 18.2. The molecule has 4 N–H and O–H groups in total. The zero-order valence-corrected chi connectivity index (χ0v) is 20.5. The number of carbonyl (C=O) groups is 4. The molecule has 0 aliphatic carbocycles. The molecular weight excluding hydrogens is 481 g/mol. The van der Waals surface area contributed by atoms with E-state index < -0.39 is 54.1 Å². The molecule has 4 amide bonds. The molecule has 0 radical (unpaired) electrons. The highest BCUT2D eigenvalue weighted by atomic mass is 16.5. The van der Waals surface area contributed by atoms with Crippen molar-refractivity contribution >= 4 is 30.7 Å². The number of hydrogen-bond donors (Lipinski definition) is 4. The Morgan fingerprint density at radius 1 is 1.14 bits per heavy atom. The fourth-order valence-electron chi connectivity index (χ4n) is 4.63. The first kappa shape index (κ1) is 26.0. The van der Waals surface area contributed by atoms with Gasteiger partial charge in [-0.05, 0) is 49.1 Å². The van der Waals surface area contributed by atoms with Gasteiger partial charge in [-0.15, -0.1) is 0 Å². The molecule has 4 rings (SSSR count). The number of amides is 4. The Morgan fingerprint density at radius 3 is 2.59 bits per heavy atom. The number of likely N-dealkylation sites (N-methyl/N-ethyl adjacent to an activating group) is 1. The van der Waals surface area contributed by atoms with Crippen LogP contribution in [-0.2, 0) is 20.8 Å². The van der Waals surface area contributed by atoms with Crippen LogP contribution in [0.2, 0.25) is 5.82 Å². The number of piperazine rings is 1. The highest BCUT2D eigenvalue weighted by molar-refractivity contribution is 6.46.